The van der Waals surface area contributed by atoms with Crippen molar-refractivity contribution in [3.05, 3.63) is 155 Å². The zero-order valence-corrected chi connectivity index (χ0v) is 53.4. The summed E-state index contributed by atoms with van der Waals surface area (Å²) in [5, 5.41) is 5.17. The molecule has 2 saturated carbocycles. The summed E-state index contributed by atoms with van der Waals surface area (Å²) in [5.41, 5.74) is 14.4. The average molecular weight is 1230 g/mol. The van der Waals surface area contributed by atoms with Crippen LogP contribution in [0.4, 0.5) is 0 Å². The van der Waals surface area contributed by atoms with Crippen molar-refractivity contribution in [1.29, 1.82) is 0 Å². The number of rotatable bonds is 16. The molecular formula is C66H80Cl4SiZr2. The molecule has 2 unspecified atom stereocenters. The average Bonchev–Trinajstić information content (AvgIpc) is 4.01. The molecule has 0 aliphatic heterocycles. The molecule has 4 aliphatic rings. The second-order valence-corrected chi connectivity index (χ2v) is 61.1. The van der Waals surface area contributed by atoms with Gasteiger partial charge < -0.3 is 0 Å². The van der Waals surface area contributed by atoms with Crippen molar-refractivity contribution in [3.8, 4) is 22.3 Å². The van der Waals surface area contributed by atoms with E-state index in [0.29, 0.717) is 10.8 Å². The third-order valence-electron chi connectivity index (χ3n) is 18.4. The summed E-state index contributed by atoms with van der Waals surface area (Å²) in [4.78, 5) is 0. The zero-order valence-electron chi connectivity index (χ0n) is 44.0. The van der Waals surface area contributed by atoms with E-state index in [1.54, 1.807) is 11.1 Å². The second-order valence-electron chi connectivity index (χ2n) is 23.4. The summed E-state index contributed by atoms with van der Waals surface area (Å²) in [7, 11) is 32.5. The number of halogens is 4. The molecule has 6 aromatic carbocycles. The van der Waals surface area contributed by atoms with Gasteiger partial charge in [0.2, 0.25) is 0 Å². The van der Waals surface area contributed by atoms with E-state index in [1.807, 2.05) is 0 Å². The van der Waals surface area contributed by atoms with E-state index in [9.17, 15) is 0 Å². The summed E-state index contributed by atoms with van der Waals surface area (Å²) >= 11 is -8.00. The summed E-state index contributed by atoms with van der Waals surface area (Å²) in [6, 6.07) is 45.5. The summed E-state index contributed by atoms with van der Waals surface area (Å²) in [6.45, 7) is 4.82. The molecule has 0 aromatic heterocycles. The Morgan fingerprint density at radius 3 is 1.16 bits per heavy atom. The molecule has 7 heteroatoms. The van der Waals surface area contributed by atoms with Crippen molar-refractivity contribution in [2.45, 2.75) is 170 Å². The van der Waals surface area contributed by atoms with Crippen molar-refractivity contribution < 1.29 is 35.8 Å². The summed E-state index contributed by atoms with van der Waals surface area (Å²) < 4.78 is 2.25. The van der Waals surface area contributed by atoms with Gasteiger partial charge in [0.05, 0.1) is 0 Å². The molecule has 0 heterocycles. The van der Waals surface area contributed by atoms with E-state index in [4.69, 9.17) is 34.1 Å². The van der Waals surface area contributed by atoms with E-state index >= 15 is 0 Å². The standard InChI is InChI=1S/2C32H37.C2H6Si.4ClH.2Zr/c2*1-2-19-32(20-9-5-3-4-6-10-21-32)24-25-22-27-15-12-18-30(31(27)23-25)29-17-11-14-26-13-7-8-16-28(26)29;1-3-2;;;;;;/h2*7-8,11-18,22-23H,2-6,9-10,19-21,24H2,1H3;1-3H2;4*1H;;/q;;;;;;;2*+2/p-4. The van der Waals surface area contributed by atoms with E-state index < -0.39 is 45.3 Å². The molecule has 6 aromatic rings. The van der Waals surface area contributed by atoms with Crippen molar-refractivity contribution in [3.63, 3.8) is 0 Å². The van der Waals surface area contributed by atoms with Gasteiger partial charge in [-0.05, 0) is 0 Å². The first-order chi connectivity index (χ1) is 35.5. The number of benzene rings is 6. The van der Waals surface area contributed by atoms with Crippen LogP contribution in [0, 0.1) is 10.8 Å². The van der Waals surface area contributed by atoms with Gasteiger partial charge in [-0.15, -0.1) is 0 Å². The van der Waals surface area contributed by atoms with Crippen molar-refractivity contribution in [2.75, 3.05) is 0 Å². The SMILES string of the molecule is CCCC1(CC2=Cc3c(-c4cccc5ccccc45)cccc3[CH]2[Zr]([Cl])([Cl])[CH2][SiH2][CH2][Zr]([Cl])([Cl])[CH]2C(CC3(CCC)CCCCCCCC3)=Cc3c(-c4cccc5ccccc45)cccc32)CCCCCCCC1. The summed E-state index contributed by atoms with van der Waals surface area (Å²) in [6.07, 6.45) is 34.0. The first-order valence-electron chi connectivity index (χ1n) is 28.9. The molecule has 73 heavy (non-hydrogen) atoms. The van der Waals surface area contributed by atoms with Gasteiger partial charge in [0, 0.05) is 0 Å². The van der Waals surface area contributed by atoms with Gasteiger partial charge in [0.1, 0.15) is 0 Å². The van der Waals surface area contributed by atoms with Crippen LogP contribution in [0.5, 0.6) is 0 Å². The molecule has 0 nitrogen and oxygen atoms in total. The quantitative estimate of drug-likeness (QED) is 0.0848. The Bertz CT molecular complexity index is 2710. The Hall–Kier alpha value is -1.54. The van der Waals surface area contributed by atoms with Crippen LogP contribution in [0.25, 0.3) is 56.0 Å². The van der Waals surface area contributed by atoms with Gasteiger partial charge in [-0.1, -0.05) is 0 Å². The molecule has 10 rings (SSSR count). The predicted octanol–water partition coefficient (Wildman–Crippen LogP) is 22.4. The fourth-order valence-electron chi connectivity index (χ4n) is 15.1. The molecule has 4 aliphatic carbocycles. The number of fused-ring (bicyclic) bond motifs is 4. The predicted molar refractivity (Wildman–Crippen MR) is 320 cm³/mol. The first-order valence-corrected chi connectivity index (χ1v) is 49.9. The van der Waals surface area contributed by atoms with Crippen LogP contribution in [-0.4, -0.2) is 9.52 Å². The molecule has 0 amide bonds. The van der Waals surface area contributed by atoms with Crippen LogP contribution in [0.15, 0.2) is 132 Å². The fraction of sp³-hybridized carbons (Fsp3) is 0.455. The second kappa shape index (κ2) is 24.6. The molecular weight excluding hydrogens is 1150 g/mol. The van der Waals surface area contributed by atoms with Crippen LogP contribution in [0.2, 0.25) is 7.50 Å². The molecule has 2 fully saturated rings. The van der Waals surface area contributed by atoms with Gasteiger partial charge in [0.15, 0.2) is 0 Å². The molecule has 0 saturated heterocycles. The van der Waals surface area contributed by atoms with Crippen molar-refractivity contribution >= 4 is 77.3 Å². The van der Waals surface area contributed by atoms with Crippen LogP contribution in [0.3, 0.4) is 0 Å². The molecule has 384 valence electrons. The number of hydrogen-bond donors (Lipinski definition) is 0. The van der Waals surface area contributed by atoms with E-state index in [1.165, 1.54) is 194 Å². The minimum atomic E-state index is -4.00. The Labute approximate surface area is 465 Å². The minimum absolute atomic E-state index is 0.134. The summed E-state index contributed by atoms with van der Waals surface area (Å²) in [5.74, 6) is 0. The van der Waals surface area contributed by atoms with Crippen LogP contribution < -0.4 is 0 Å². The zero-order chi connectivity index (χ0) is 50.5. The Kier molecular flexibility index (Phi) is 18.5. The first kappa shape index (κ1) is 54.8. The fourth-order valence-corrected chi connectivity index (χ4v) is 59.7. The Morgan fingerprint density at radius 2 is 0.767 bits per heavy atom. The molecule has 0 spiro atoms. The molecule has 0 N–H and O–H groups in total. The Morgan fingerprint density at radius 1 is 0.425 bits per heavy atom. The van der Waals surface area contributed by atoms with E-state index in [0.717, 1.165) is 20.3 Å². The number of hydrogen-bond acceptors (Lipinski definition) is 0. The van der Waals surface area contributed by atoms with Crippen molar-refractivity contribution in [2.24, 2.45) is 10.8 Å². The molecule has 2 atom stereocenters. The van der Waals surface area contributed by atoms with Crippen LogP contribution >= 0.6 is 34.1 Å². The third-order valence-corrected chi connectivity index (χ3v) is 61.5. The van der Waals surface area contributed by atoms with Crippen LogP contribution in [0.1, 0.15) is 185 Å². The normalized spacial score (nSPS) is 20.6. The number of allylic oxidation sites excluding steroid dienone is 2. The third kappa shape index (κ3) is 12.2. The monoisotopic (exact) mass is 1220 g/mol. The maximum absolute atomic E-state index is 8.34. The van der Waals surface area contributed by atoms with E-state index in [2.05, 4.69) is 147 Å². The van der Waals surface area contributed by atoms with E-state index in [-0.39, 0.29) is 7.25 Å². The van der Waals surface area contributed by atoms with Crippen LogP contribution in [-0.2, 0) is 35.8 Å². The van der Waals surface area contributed by atoms with Gasteiger partial charge in [-0.2, -0.15) is 0 Å². The molecule has 0 radical (unpaired) electrons. The van der Waals surface area contributed by atoms with Crippen molar-refractivity contribution in [1.82, 2.24) is 0 Å². The molecule has 0 bridgehead atoms. The van der Waals surface area contributed by atoms with Gasteiger partial charge in [0.25, 0.3) is 0 Å². The van der Waals surface area contributed by atoms with Gasteiger partial charge in [-0.3, -0.25) is 0 Å². The maximum atomic E-state index is 8.34. The van der Waals surface area contributed by atoms with Gasteiger partial charge in [-0.25, -0.2) is 0 Å². The Balaban J connectivity index is 0.997. The topological polar surface area (TPSA) is 0 Å². The van der Waals surface area contributed by atoms with Gasteiger partial charge >= 0.3 is 471 Å².